The molecule has 3 nitrogen and oxygen atoms in total. The number of ether oxygens (including phenoxy) is 1. The van der Waals surface area contributed by atoms with Crippen molar-refractivity contribution in [1.29, 1.82) is 0 Å². The summed E-state index contributed by atoms with van der Waals surface area (Å²) < 4.78 is 6.05. The van der Waals surface area contributed by atoms with Crippen LogP contribution in [-0.2, 0) is 0 Å². The van der Waals surface area contributed by atoms with Crippen molar-refractivity contribution in [3.05, 3.63) is 24.3 Å². The molecule has 2 atom stereocenters. The quantitative estimate of drug-likeness (QED) is 0.833. The highest BCUT2D eigenvalue weighted by Gasteiger charge is 2.27. The minimum atomic E-state index is 0.348. The van der Waals surface area contributed by atoms with Crippen LogP contribution in [0.2, 0.25) is 0 Å². The zero-order chi connectivity index (χ0) is 13.0. The summed E-state index contributed by atoms with van der Waals surface area (Å²) in [5, 5.41) is 0. The second-order valence-electron chi connectivity index (χ2n) is 5.02. The number of nitrogens with two attached hydrogens (primary N) is 1. The van der Waals surface area contributed by atoms with Crippen molar-refractivity contribution in [2.45, 2.75) is 45.3 Å². The number of nitrogen functional groups attached to an aromatic ring is 1. The normalized spacial score (nSPS) is 25.0. The summed E-state index contributed by atoms with van der Waals surface area (Å²) in [4.78, 5) is 2.56. The molecule has 2 rings (SSSR count). The summed E-state index contributed by atoms with van der Waals surface area (Å²) in [5.41, 5.74) is 6.46. The molecular weight excluding hydrogens is 224 g/mol. The minimum Gasteiger partial charge on any atom is -0.490 e. The molecule has 1 aliphatic heterocycles. The van der Waals surface area contributed by atoms with Gasteiger partial charge < -0.3 is 15.4 Å². The van der Waals surface area contributed by atoms with Crippen molar-refractivity contribution in [2.24, 2.45) is 0 Å². The molecule has 1 aromatic rings. The summed E-state index contributed by atoms with van der Waals surface area (Å²) >= 11 is 0. The molecule has 1 aliphatic rings. The molecule has 3 heteroatoms. The molecule has 1 saturated heterocycles. The second-order valence-corrected chi connectivity index (χ2v) is 5.02. The molecular formula is C15H24N2O. The van der Waals surface area contributed by atoms with E-state index in [1.807, 2.05) is 24.3 Å². The lowest BCUT2D eigenvalue weighted by Gasteiger charge is -2.38. The molecule has 0 aromatic heterocycles. The van der Waals surface area contributed by atoms with Gasteiger partial charge in [0.25, 0.3) is 0 Å². The Bertz CT molecular complexity index is 363. The lowest BCUT2D eigenvalue weighted by Crippen LogP contribution is -2.45. The predicted octanol–water partition coefficient (Wildman–Crippen LogP) is 2.91. The van der Waals surface area contributed by atoms with E-state index in [9.17, 15) is 0 Å². The van der Waals surface area contributed by atoms with Crippen molar-refractivity contribution in [3.8, 4) is 5.75 Å². The van der Waals surface area contributed by atoms with E-state index in [0.29, 0.717) is 12.1 Å². The fourth-order valence-corrected chi connectivity index (χ4v) is 2.75. The van der Waals surface area contributed by atoms with Crippen LogP contribution in [0.5, 0.6) is 5.75 Å². The SMILES string of the molecule is CCC1CC(Oc2ccc(N)cc2)CCN1CC. The van der Waals surface area contributed by atoms with E-state index >= 15 is 0 Å². The number of benzene rings is 1. The van der Waals surface area contributed by atoms with E-state index in [1.54, 1.807) is 0 Å². The summed E-state index contributed by atoms with van der Waals surface area (Å²) in [5.74, 6) is 0.939. The second kappa shape index (κ2) is 6.10. The van der Waals surface area contributed by atoms with Crippen LogP contribution in [0, 0.1) is 0 Å². The molecule has 2 unspecified atom stereocenters. The number of piperidine rings is 1. The van der Waals surface area contributed by atoms with Crippen LogP contribution >= 0.6 is 0 Å². The Morgan fingerprint density at radius 1 is 1.28 bits per heavy atom. The maximum Gasteiger partial charge on any atom is 0.119 e. The lowest BCUT2D eigenvalue weighted by atomic mass is 9.97. The number of anilines is 1. The summed E-state index contributed by atoms with van der Waals surface area (Å²) in [7, 11) is 0. The zero-order valence-electron chi connectivity index (χ0n) is 11.4. The Morgan fingerprint density at radius 2 is 2.00 bits per heavy atom. The van der Waals surface area contributed by atoms with Crippen LogP contribution in [-0.4, -0.2) is 30.1 Å². The maximum atomic E-state index is 6.05. The van der Waals surface area contributed by atoms with Crippen molar-refractivity contribution in [2.75, 3.05) is 18.8 Å². The maximum absolute atomic E-state index is 6.05. The van der Waals surface area contributed by atoms with Crippen LogP contribution in [0.1, 0.15) is 33.1 Å². The van der Waals surface area contributed by atoms with Gasteiger partial charge in [0.15, 0.2) is 0 Å². The van der Waals surface area contributed by atoms with Crippen LogP contribution in [0.25, 0.3) is 0 Å². The van der Waals surface area contributed by atoms with E-state index < -0.39 is 0 Å². The Labute approximate surface area is 110 Å². The fraction of sp³-hybridized carbons (Fsp3) is 0.600. The van der Waals surface area contributed by atoms with Gasteiger partial charge in [-0.25, -0.2) is 0 Å². The standard InChI is InChI=1S/C15H24N2O/c1-3-13-11-15(9-10-17(13)4-2)18-14-7-5-12(16)6-8-14/h5-8,13,15H,3-4,9-11,16H2,1-2H3. The van der Waals surface area contributed by atoms with Crippen molar-refractivity contribution < 1.29 is 4.74 Å². The third-order valence-electron chi connectivity index (χ3n) is 3.85. The highest BCUT2D eigenvalue weighted by atomic mass is 16.5. The van der Waals surface area contributed by atoms with Gasteiger partial charge in [-0.3, -0.25) is 0 Å². The molecule has 0 aliphatic carbocycles. The van der Waals surface area contributed by atoms with E-state index in [1.165, 1.54) is 6.42 Å². The van der Waals surface area contributed by atoms with Crippen molar-refractivity contribution >= 4 is 5.69 Å². The van der Waals surface area contributed by atoms with E-state index in [2.05, 4.69) is 18.7 Å². The average Bonchev–Trinajstić information content (AvgIpc) is 2.41. The molecule has 100 valence electrons. The number of hydrogen-bond donors (Lipinski definition) is 1. The molecule has 1 fully saturated rings. The number of hydrogen-bond acceptors (Lipinski definition) is 3. The molecule has 18 heavy (non-hydrogen) atoms. The fourth-order valence-electron chi connectivity index (χ4n) is 2.75. The van der Waals surface area contributed by atoms with Gasteiger partial charge in [-0.05, 0) is 50.1 Å². The van der Waals surface area contributed by atoms with E-state index in [-0.39, 0.29) is 0 Å². The molecule has 0 spiro atoms. The molecule has 2 N–H and O–H groups in total. The smallest absolute Gasteiger partial charge is 0.119 e. The highest BCUT2D eigenvalue weighted by Crippen LogP contribution is 2.24. The van der Waals surface area contributed by atoms with Crippen LogP contribution in [0.15, 0.2) is 24.3 Å². The van der Waals surface area contributed by atoms with E-state index in [4.69, 9.17) is 10.5 Å². The number of nitrogens with zero attached hydrogens (tertiary/aromatic N) is 1. The predicted molar refractivity (Wildman–Crippen MR) is 75.8 cm³/mol. The third kappa shape index (κ3) is 3.16. The molecule has 0 bridgehead atoms. The third-order valence-corrected chi connectivity index (χ3v) is 3.85. The zero-order valence-corrected chi connectivity index (χ0v) is 11.4. The van der Waals surface area contributed by atoms with Gasteiger partial charge in [-0.1, -0.05) is 13.8 Å². The molecule has 1 heterocycles. The Kier molecular flexibility index (Phi) is 4.48. The average molecular weight is 248 g/mol. The Balaban J connectivity index is 1.93. The van der Waals surface area contributed by atoms with Gasteiger partial charge >= 0.3 is 0 Å². The molecule has 0 radical (unpaired) electrons. The van der Waals surface area contributed by atoms with Crippen molar-refractivity contribution in [1.82, 2.24) is 4.90 Å². The molecule has 0 amide bonds. The lowest BCUT2D eigenvalue weighted by molar-refractivity contribution is 0.0574. The van der Waals surface area contributed by atoms with Crippen LogP contribution in [0.3, 0.4) is 0 Å². The minimum absolute atomic E-state index is 0.348. The number of rotatable bonds is 4. The first-order chi connectivity index (χ1) is 8.72. The number of likely N-dealkylation sites (tertiary alicyclic amines) is 1. The highest BCUT2D eigenvalue weighted by molar-refractivity contribution is 5.41. The summed E-state index contributed by atoms with van der Waals surface area (Å²) in [6, 6.07) is 8.38. The van der Waals surface area contributed by atoms with Gasteiger partial charge in [0.1, 0.15) is 11.9 Å². The first kappa shape index (κ1) is 13.2. The van der Waals surface area contributed by atoms with E-state index in [0.717, 1.165) is 37.4 Å². The van der Waals surface area contributed by atoms with Gasteiger partial charge in [0.05, 0.1) is 0 Å². The van der Waals surface area contributed by atoms with Crippen LogP contribution in [0.4, 0.5) is 5.69 Å². The topological polar surface area (TPSA) is 38.5 Å². The van der Waals surface area contributed by atoms with Crippen LogP contribution < -0.4 is 10.5 Å². The van der Waals surface area contributed by atoms with Crippen molar-refractivity contribution in [3.63, 3.8) is 0 Å². The molecule has 0 saturated carbocycles. The Morgan fingerprint density at radius 3 is 2.61 bits per heavy atom. The largest absolute Gasteiger partial charge is 0.490 e. The van der Waals surface area contributed by atoms with Gasteiger partial charge in [0, 0.05) is 18.3 Å². The van der Waals surface area contributed by atoms with Gasteiger partial charge in [-0.2, -0.15) is 0 Å². The van der Waals surface area contributed by atoms with Gasteiger partial charge in [-0.15, -0.1) is 0 Å². The Hall–Kier alpha value is -1.22. The molecule has 1 aromatic carbocycles. The first-order valence-corrected chi connectivity index (χ1v) is 6.99. The summed E-state index contributed by atoms with van der Waals surface area (Å²) in [6.07, 6.45) is 3.81. The monoisotopic (exact) mass is 248 g/mol. The summed E-state index contributed by atoms with van der Waals surface area (Å²) in [6.45, 7) is 6.80. The van der Waals surface area contributed by atoms with Gasteiger partial charge in [0.2, 0.25) is 0 Å². The first-order valence-electron chi connectivity index (χ1n) is 6.99.